The number of aromatic nitrogens is 1. The van der Waals surface area contributed by atoms with Crippen molar-refractivity contribution >= 4 is 60.8 Å². The molecule has 0 bridgehead atoms. The van der Waals surface area contributed by atoms with E-state index in [2.05, 4.69) is 222 Å². The van der Waals surface area contributed by atoms with Crippen molar-refractivity contribution < 1.29 is 4.42 Å². The topological polar surface area (TPSA) is 21.3 Å². The molecule has 0 spiro atoms. The third-order valence-electron chi connectivity index (χ3n) is 11.2. The van der Waals surface area contributed by atoms with Crippen LogP contribution >= 0.6 is 0 Å². The van der Waals surface area contributed by atoms with Gasteiger partial charge in [-0.05, 0) is 88.5 Å². The highest BCUT2D eigenvalue weighted by Crippen LogP contribution is 2.46. The minimum atomic E-state index is 0.861. The van der Waals surface area contributed by atoms with Crippen LogP contribution in [0.5, 0.6) is 0 Å². The van der Waals surface area contributed by atoms with Crippen molar-refractivity contribution in [2.45, 2.75) is 0 Å². The number of fused-ring (bicyclic) bond motifs is 6. The van der Waals surface area contributed by atoms with Gasteiger partial charge in [-0.2, -0.15) is 0 Å². The molecule has 11 aromatic rings. The Morgan fingerprint density at radius 3 is 1.65 bits per heavy atom. The van der Waals surface area contributed by atoms with Gasteiger partial charge in [-0.1, -0.05) is 158 Å². The summed E-state index contributed by atoms with van der Waals surface area (Å²) >= 11 is 0. The summed E-state index contributed by atoms with van der Waals surface area (Å²) < 4.78 is 8.87. The van der Waals surface area contributed by atoms with Gasteiger partial charge in [-0.15, -0.1) is 0 Å². The Bertz CT molecular complexity index is 3180. The number of para-hydroxylation sites is 4. The lowest BCUT2D eigenvalue weighted by Crippen LogP contribution is -2.11. The SMILES string of the molecule is c1ccc(-c2ccc(N(c3ccc(-c4ccccc4-n4c5ccccc5c5ccccc54)c(-c4ccccc4)c3)c3cccc4oc5ccccc5c34)cc2)cc1. The first kappa shape index (κ1) is 32.8. The van der Waals surface area contributed by atoms with Crippen LogP contribution in [-0.4, -0.2) is 4.57 Å². The maximum absolute atomic E-state index is 6.44. The molecule has 2 heterocycles. The van der Waals surface area contributed by atoms with Crippen LogP contribution in [0.2, 0.25) is 0 Å². The summed E-state index contributed by atoms with van der Waals surface area (Å²) in [4.78, 5) is 2.38. The highest BCUT2D eigenvalue weighted by molar-refractivity contribution is 6.14. The molecule has 0 radical (unpaired) electrons. The van der Waals surface area contributed by atoms with Gasteiger partial charge < -0.3 is 13.9 Å². The van der Waals surface area contributed by atoms with Crippen LogP contribution in [0, 0.1) is 0 Å². The average molecular weight is 729 g/mol. The standard InChI is InChI=1S/C54H36N2O/c1-3-16-37(17-4-1)38-30-32-40(33-31-38)55(51-27-15-29-53-54(51)46-23-10-14-28-52(46)57-53)41-34-35-42(47(36-41)39-18-5-2-6-19-39)43-20-7-11-24-48(43)56-49-25-12-8-21-44(49)45-22-9-13-26-50(45)56/h1-36H. The van der Waals surface area contributed by atoms with Crippen LogP contribution in [0.1, 0.15) is 0 Å². The molecule has 0 saturated heterocycles. The maximum atomic E-state index is 6.44. The highest BCUT2D eigenvalue weighted by atomic mass is 16.3. The number of anilines is 3. The lowest BCUT2D eigenvalue weighted by atomic mass is 9.92. The first-order valence-corrected chi connectivity index (χ1v) is 19.4. The lowest BCUT2D eigenvalue weighted by molar-refractivity contribution is 0.669. The minimum Gasteiger partial charge on any atom is -0.456 e. The molecule has 0 saturated carbocycles. The Labute approximate surface area is 330 Å². The van der Waals surface area contributed by atoms with E-state index >= 15 is 0 Å². The molecule has 3 heteroatoms. The minimum absolute atomic E-state index is 0.861. The first-order valence-electron chi connectivity index (χ1n) is 19.4. The molecule has 0 aliphatic rings. The third kappa shape index (κ3) is 5.51. The predicted octanol–water partition coefficient (Wildman–Crippen LogP) is 15.2. The lowest BCUT2D eigenvalue weighted by Gasteiger charge is -2.28. The van der Waals surface area contributed by atoms with Gasteiger partial charge >= 0.3 is 0 Å². The summed E-state index contributed by atoms with van der Waals surface area (Å²) in [6.45, 7) is 0. The van der Waals surface area contributed by atoms with Crippen molar-refractivity contribution in [3.05, 3.63) is 218 Å². The summed E-state index contributed by atoms with van der Waals surface area (Å²) in [7, 11) is 0. The molecule has 57 heavy (non-hydrogen) atoms. The predicted molar refractivity (Wildman–Crippen MR) is 239 cm³/mol. The molecule has 3 nitrogen and oxygen atoms in total. The van der Waals surface area contributed by atoms with Crippen LogP contribution in [-0.2, 0) is 0 Å². The average Bonchev–Trinajstić information content (AvgIpc) is 3.84. The molecule has 0 fully saturated rings. The third-order valence-corrected chi connectivity index (χ3v) is 11.2. The van der Waals surface area contributed by atoms with Crippen molar-refractivity contribution in [2.24, 2.45) is 0 Å². The van der Waals surface area contributed by atoms with Crippen molar-refractivity contribution in [2.75, 3.05) is 4.90 Å². The Morgan fingerprint density at radius 1 is 0.351 bits per heavy atom. The van der Waals surface area contributed by atoms with Gasteiger partial charge in [-0.25, -0.2) is 0 Å². The summed E-state index contributed by atoms with van der Waals surface area (Å²) in [6.07, 6.45) is 0. The molecule has 268 valence electrons. The summed E-state index contributed by atoms with van der Waals surface area (Å²) in [5.74, 6) is 0. The zero-order chi connectivity index (χ0) is 37.7. The van der Waals surface area contributed by atoms with Crippen LogP contribution in [0.3, 0.4) is 0 Å². The second kappa shape index (κ2) is 13.6. The maximum Gasteiger partial charge on any atom is 0.137 e. The van der Waals surface area contributed by atoms with E-state index in [1.165, 1.54) is 32.9 Å². The molecular formula is C54H36N2O. The van der Waals surface area contributed by atoms with Crippen LogP contribution in [0.4, 0.5) is 17.1 Å². The zero-order valence-corrected chi connectivity index (χ0v) is 31.1. The van der Waals surface area contributed by atoms with E-state index in [1.807, 2.05) is 6.07 Å². The molecule has 2 aromatic heterocycles. The van der Waals surface area contributed by atoms with Crippen LogP contribution in [0.15, 0.2) is 223 Å². The fraction of sp³-hybridized carbons (Fsp3) is 0. The molecule has 0 amide bonds. The molecular weight excluding hydrogens is 693 g/mol. The monoisotopic (exact) mass is 728 g/mol. The summed E-state index contributed by atoms with van der Waals surface area (Å²) in [5.41, 5.74) is 15.4. The molecule has 0 N–H and O–H groups in total. The number of hydrogen-bond acceptors (Lipinski definition) is 2. The molecule has 11 rings (SSSR count). The Kier molecular flexibility index (Phi) is 7.82. The zero-order valence-electron chi connectivity index (χ0n) is 31.1. The Balaban J connectivity index is 1.15. The smallest absolute Gasteiger partial charge is 0.137 e. The fourth-order valence-electron chi connectivity index (χ4n) is 8.64. The highest BCUT2D eigenvalue weighted by Gasteiger charge is 2.22. The van der Waals surface area contributed by atoms with E-state index in [1.54, 1.807) is 0 Å². The summed E-state index contributed by atoms with van der Waals surface area (Å²) in [6, 6.07) is 78.2. The van der Waals surface area contributed by atoms with Gasteiger partial charge in [-0.3, -0.25) is 0 Å². The quantitative estimate of drug-likeness (QED) is 0.163. The van der Waals surface area contributed by atoms with E-state index < -0.39 is 0 Å². The fourth-order valence-corrected chi connectivity index (χ4v) is 8.64. The first-order chi connectivity index (χ1) is 28.3. The van der Waals surface area contributed by atoms with E-state index in [0.29, 0.717) is 0 Å². The van der Waals surface area contributed by atoms with Crippen LogP contribution in [0.25, 0.3) is 82.8 Å². The molecule has 0 atom stereocenters. The Morgan fingerprint density at radius 2 is 0.912 bits per heavy atom. The van der Waals surface area contributed by atoms with Crippen LogP contribution < -0.4 is 4.90 Å². The number of rotatable bonds is 7. The van der Waals surface area contributed by atoms with Gasteiger partial charge in [0, 0.05) is 33.1 Å². The molecule has 9 aromatic carbocycles. The van der Waals surface area contributed by atoms with Crippen molar-refractivity contribution in [1.82, 2.24) is 4.57 Å². The molecule has 0 aliphatic carbocycles. The van der Waals surface area contributed by atoms with Gasteiger partial charge in [0.2, 0.25) is 0 Å². The Hall–Kier alpha value is -7.62. The normalized spacial score (nSPS) is 11.5. The number of benzene rings is 9. The van der Waals surface area contributed by atoms with E-state index in [4.69, 9.17) is 4.42 Å². The second-order valence-electron chi connectivity index (χ2n) is 14.5. The van der Waals surface area contributed by atoms with Crippen molar-refractivity contribution in [3.63, 3.8) is 0 Å². The van der Waals surface area contributed by atoms with Crippen molar-refractivity contribution in [1.29, 1.82) is 0 Å². The van der Waals surface area contributed by atoms with Gasteiger partial charge in [0.05, 0.1) is 27.8 Å². The molecule has 0 unspecified atom stereocenters. The summed E-state index contributed by atoms with van der Waals surface area (Å²) in [5, 5.41) is 4.67. The van der Waals surface area contributed by atoms with Gasteiger partial charge in [0.25, 0.3) is 0 Å². The number of nitrogens with zero attached hydrogens (tertiary/aromatic N) is 2. The largest absolute Gasteiger partial charge is 0.456 e. The van der Waals surface area contributed by atoms with E-state index in [0.717, 1.165) is 66.9 Å². The second-order valence-corrected chi connectivity index (χ2v) is 14.5. The van der Waals surface area contributed by atoms with Gasteiger partial charge in [0.15, 0.2) is 0 Å². The molecule has 0 aliphatic heterocycles. The van der Waals surface area contributed by atoms with E-state index in [-0.39, 0.29) is 0 Å². The van der Waals surface area contributed by atoms with E-state index in [9.17, 15) is 0 Å². The number of furan rings is 1. The van der Waals surface area contributed by atoms with Gasteiger partial charge in [0.1, 0.15) is 11.2 Å². The van der Waals surface area contributed by atoms with Crippen molar-refractivity contribution in [3.8, 4) is 39.1 Å². The number of hydrogen-bond donors (Lipinski definition) is 0.